The summed E-state index contributed by atoms with van der Waals surface area (Å²) in [5, 5.41) is 0. The zero-order valence-corrected chi connectivity index (χ0v) is 12.9. The summed E-state index contributed by atoms with van der Waals surface area (Å²) in [5.74, 6) is 0. The Morgan fingerprint density at radius 1 is 0.833 bits per heavy atom. The van der Waals surface area contributed by atoms with Crippen LogP contribution in [0.2, 0.25) is 0 Å². The van der Waals surface area contributed by atoms with Crippen molar-refractivity contribution in [2.45, 2.75) is 52.0 Å². The van der Waals surface area contributed by atoms with Gasteiger partial charge in [-0.1, -0.05) is 15.9 Å². The largest absolute Gasteiger partial charge is 0.390 e. The van der Waals surface area contributed by atoms with Crippen LogP contribution in [-0.4, -0.2) is 6.18 Å². The highest BCUT2D eigenvalue weighted by Crippen LogP contribution is 2.40. The summed E-state index contributed by atoms with van der Waals surface area (Å²) in [4.78, 5) is -0.671. The molecule has 1 atom stereocenters. The van der Waals surface area contributed by atoms with Gasteiger partial charge in [0.1, 0.15) is 0 Å². The molecule has 1 rings (SSSR count). The fourth-order valence-corrected chi connectivity index (χ4v) is 3.36. The minimum absolute atomic E-state index is 0.671. The number of alkyl halides is 4. The predicted octanol–water partition coefficient (Wildman–Crippen LogP) is 5.62. The van der Waals surface area contributed by atoms with Gasteiger partial charge < -0.3 is 0 Å². The molecule has 0 radical (unpaired) electrons. The number of halogens is 4. The van der Waals surface area contributed by atoms with Crippen LogP contribution < -0.4 is 0 Å². The normalized spacial score (nSPS) is 13.8. The van der Waals surface area contributed by atoms with Gasteiger partial charge >= 0.3 is 6.18 Å². The van der Waals surface area contributed by atoms with Gasteiger partial charge in [-0.2, -0.15) is 13.2 Å². The quantitative estimate of drug-likeness (QED) is 0.620. The Kier molecular flexibility index (Phi) is 4.52. The molecule has 0 aromatic heterocycles. The molecule has 0 bridgehead atoms. The number of hydrogen-bond donors (Lipinski definition) is 0. The number of hydrogen-bond acceptors (Lipinski definition) is 0. The Hall–Kier alpha value is -0.510. The van der Waals surface area contributed by atoms with E-state index in [2.05, 4.69) is 15.9 Å². The van der Waals surface area contributed by atoms with Crippen molar-refractivity contribution in [2.75, 3.05) is 0 Å². The van der Waals surface area contributed by atoms with Gasteiger partial charge in [-0.3, -0.25) is 0 Å². The maximum Gasteiger partial charge on any atom is 0.390 e. The third-order valence-corrected chi connectivity index (χ3v) is 4.56. The summed E-state index contributed by atoms with van der Waals surface area (Å²) in [6, 6.07) is 0. The Labute approximate surface area is 115 Å². The molecule has 0 aliphatic carbocycles. The van der Waals surface area contributed by atoms with E-state index in [0.29, 0.717) is 0 Å². The van der Waals surface area contributed by atoms with Gasteiger partial charge in [-0.25, -0.2) is 0 Å². The van der Waals surface area contributed by atoms with Gasteiger partial charge in [0.2, 0.25) is 0 Å². The van der Waals surface area contributed by atoms with E-state index in [1.807, 2.05) is 34.6 Å². The third kappa shape index (κ3) is 3.08. The van der Waals surface area contributed by atoms with Gasteiger partial charge in [0.15, 0.2) is 0 Å². The highest BCUT2D eigenvalue weighted by atomic mass is 79.9. The first-order valence-corrected chi connectivity index (χ1v) is 6.75. The summed E-state index contributed by atoms with van der Waals surface area (Å²) in [5.41, 5.74) is 6.04. The molecule has 0 nitrogen and oxygen atoms in total. The maximum absolute atomic E-state index is 12.5. The Morgan fingerprint density at radius 2 is 1.17 bits per heavy atom. The van der Waals surface area contributed by atoms with Crippen LogP contribution in [0.25, 0.3) is 0 Å². The lowest BCUT2D eigenvalue weighted by Crippen LogP contribution is -2.13. The lowest BCUT2D eigenvalue weighted by atomic mass is 9.87. The zero-order chi connectivity index (χ0) is 14.2. The van der Waals surface area contributed by atoms with E-state index in [1.165, 1.54) is 5.56 Å². The second-order valence-corrected chi connectivity index (χ2v) is 5.93. The maximum atomic E-state index is 12.5. The van der Waals surface area contributed by atoms with E-state index in [1.54, 1.807) is 0 Å². The van der Waals surface area contributed by atoms with Gasteiger partial charge in [-0.05, 0) is 68.0 Å². The standard InChI is InChI=1S/C14H18BrF3/c1-7-8(2)10(4)13(11(5)9(7)3)12(15)6-14(16,17)18/h12H,6H2,1-5H3. The molecule has 18 heavy (non-hydrogen) atoms. The van der Waals surface area contributed by atoms with Gasteiger partial charge in [0, 0.05) is 4.83 Å². The monoisotopic (exact) mass is 322 g/mol. The van der Waals surface area contributed by atoms with Crippen molar-refractivity contribution in [3.63, 3.8) is 0 Å². The molecule has 0 saturated heterocycles. The molecular formula is C14H18BrF3. The predicted molar refractivity (Wildman–Crippen MR) is 72.5 cm³/mol. The molecule has 0 spiro atoms. The van der Waals surface area contributed by atoms with E-state index >= 15 is 0 Å². The minimum atomic E-state index is -4.15. The van der Waals surface area contributed by atoms with Gasteiger partial charge in [-0.15, -0.1) is 0 Å². The smallest absolute Gasteiger partial charge is 0.171 e. The zero-order valence-electron chi connectivity index (χ0n) is 11.3. The summed E-state index contributed by atoms with van der Waals surface area (Å²) in [6.07, 6.45) is -4.99. The third-order valence-electron chi connectivity index (χ3n) is 3.78. The van der Waals surface area contributed by atoms with Gasteiger partial charge in [0.25, 0.3) is 0 Å². The first-order valence-electron chi connectivity index (χ1n) is 5.84. The highest BCUT2D eigenvalue weighted by Gasteiger charge is 2.33. The van der Waals surface area contributed by atoms with Crippen LogP contribution in [0.5, 0.6) is 0 Å². The van der Waals surface area contributed by atoms with E-state index < -0.39 is 17.4 Å². The van der Waals surface area contributed by atoms with Crippen molar-refractivity contribution in [2.24, 2.45) is 0 Å². The number of rotatable bonds is 2. The van der Waals surface area contributed by atoms with Crippen LogP contribution in [0.1, 0.15) is 44.6 Å². The molecular weight excluding hydrogens is 305 g/mol. The Morgan fingerprint density at radius 3 is 1.50 bits per heavy atom. The van der Waals surface area contributed by atoms with Crippen molar-refractivity contribution in [1.29, 1.82) is 0 Å². The average molecular weight is 323 g/mol. The van der Waals surface area contributed by atoms with E-state index in [-0.39, 0.29) is 0 Å². The van der Waals surface area contributed by atoms with Crippen molar-refractivity contribution in [3.05, 3.63) is 33.4 Å². The Bertz CT molecular complexity index is 432. The Balaban J connectivity index is 3.33. The second-order valence-electron chi connectivity index (χ2n) is 4.83. The van der Waals surface area contributed by atoms with E-state index in [4.69, 9.17) is 0 Å². The second kappa shape index (κ2) is 5.24. The number of benzene rings is 1. The van der Waals surface area contributed by atoms with Crippen LogP contribution in [0.3, 0.4) is 0 Å². The lowest BCUT2D eigenvalue weighted by Gasteiger charge is -2.23. The van der Waals surface area contributed by atoms with Crippen molar-refractivity contribution in [3.8, 4) is 0 Å². The lowest BCUT2D eigenvalue weighted by molar-refractivity contribution is -0.134. The SMILES string of the molecule is Cc1c(C)c(C)c(C(Br)CC(F)(F)F)c(C)c1C. The van der Waals surface area contributed by atoms with Crippen LogP contribution >= 0.6 is 15.9 Å². The fourth-order valence-electron chi connectivity index (χ4n) is 2.30. The molecule has 1 aromatic rings. The fraction of sp³-hybridized carbons (Fsp3) is 0.571. The molecule has 0 saturated carbocycles. The first-order chi connectivity index (χ1) is 8.06. The van der Waals surface area contributed by atoms with Crippen molar-refractivity contribution >= 4 is 15.9 Å². The summed E-state index contributed by atoms with van der Waals surface area (Å²) in [7, 11) is 0. The minimum Gasteiger partial charge on any atom is -0.171 e. The molecule has 0 heterocycles. The van der Waals surface area contributed by atoms with Gasteiger partial charge in [0.05, 0.1) is 6.42 Å². The highest BCUT2D eigenvalue weighted by molar-refractivity contribution is 9.09. The van der Waals surface area contributed by atoms with E-state index in [0.717, 1.165) is 27.8 Å². The summed E-state index contributed by atoms with van der Waals surface area (Å²) < 4.78 is 37.5. The topological polar surface area (TPSA) is 0 Å². The van der Waals surface area contributed by atoms with Crippen LogP contribution in [0.15, 0.2) is 0 Å². The molecule has 0 amide bonds. The average Bonchev–Trinajstić information content (AvgIpc) is 2.21. The van der Waals surface area contributed by atoms with Crippen LogP contribution in [-0.2, 0) is 0 Å². The summed E-state index contributed by atoms with van der Waals surface area (Å²) in [6.45, 7) is 9.74. The molecule has 0 fully saturated rings. The van der Waals surface area contributed by atoms with Crippen molar-refractivity contribution < 1.29 is 13.2 Å². The molecule has 0 N–H and O–H groups in total. The molecule has 4 heteroatoms. The van der Waals surface area contributed by atoms with Crippen LogP contribution in [0.4, 0.5) is 13.2 Å². The molecule has 102 valence electrons. The summed E-state index contributed by atoms with van der Waals surface area (Å²) >= 11 is 3.20. The first kappa shape index (κ1) is 15.5. The molecule has 1 unspecified atom stereocenters. The molecule has 0 aliphatic heterocycles. The van der Waals surface area contributed by atoms with Crippen LogP contribution in [0, 0.1) is 34.6 Å². The van der Waals surface area contributed by atoms with E-state index in [9.17, 15) is 13.2 Å². The molecule has 0 aliphatic rings. The van der Waals surface area contributed by atoms with Crippen molar-refractivity contribution in [1.82, 2.24) is 0 Å². The molecule has 1 aromatic carbocycles.